The summed E-state index contributed by atoms with van der Waals surface area (Å²) in [5.74, 6) is 0.716. The van der Waals surface area contributed by atoms with E-state index in [1.54, 1.807) is 36.2 Å². The van der Waals surface area contributed by atoms with Crippen molar-refractivity contribution in [3.05, 3.63) is 47.8 Å². The monoisotopic (exact) mass is 355 g/mol. The number of carbonyl (C=O) groups excluding carboxylic acids is 2. The van der Waals surface area contributed by atoms with Crippen LogP contribution in [-0.4, -0.2) is 42.1 Å². The smallest absolute Gasteiger partial charge is 0.272 e. The Morgan fingerprint density at radius 3 is 2.81 bits per heavy atom. The summed E-state index contributed by atoms with van der Waals surface area (Å²) in [6.07, 6.45) is 3.39. The molecule has 2 heterocycles. The molecule has 0 saturated carbocycles. The van der Waals surface area contributed by atoms with Gasteiger partial charge in [-0.1, -0.05) is 13.3 Å². The molecular formula is C19H21N3O4. The SMILES string of the molecule is CCCCN(C)C(=O)c1cc(C(=O)Nc2ccc3c(c2)OCO3)ccn1. The highest BCUT2D eigenvalue weighted by atomic mass is 16.7. The predicted octanol–water partition coefficient (Wildman–Crippen LogP) is 2.93. The lowest BCUT2D eigenvalue weighted by atomic mass is 10.2. The maximum atomic E-state index is 12.5. The van der Waals surface area contributed by atoms with E-state index < -0.39 is 0 Å². The fourth-order valence-electron chi connectivity index (χ4n) is 2.56. The van der Waals surface area contributed by atoms with E-state index in [1.165, 1.54) is 12.3 Å². The van der Waals surface area contributed by atoms with E-state index >= 15 is 0 Å². The highest BCUT2D eigenvalue weighted by molar-refractivity contribution is 6.05. The van der Waals surface area contributed by atoms with Gasteiger partial charge in [-0.25, -0.2) is 0 Å². The largest absolute Gasteiger partial charge is 0.454 e. The number of aromatic nitrogens is 1. The van der Waals surface area contributed by atoms with Crippen LogP contribution in [0.1, 0.15) is 40.6 Å². The van der Waals surface area contributed by atoms with E-state index in [2.05, 4.69) is 17.2 Å². The number of amides is 2. The second-order valence-electron chi connectivity index (χ2n) is 6.03. The molecule has 0 radical (unpaired) electrons. The average Bonchev–Trinajstić information content (AvgIpc) is 3.13. The molecule has 7 heteroatoms. The fourth-order valence-corrected chi connectivity index (χ4v) is 2.56. The summed E-state index contributed by atoms with van der Waals surface area (Å²) in [6, 6.07) is 8.25. The number of nitrogens with zero attached hydrogens (tertiary/aromatic N) is 2. The van der Waals surface area contributed by atoms with Crippen LogP contribution in [0, 0.1) is 0 Å². The molecule has 0 saturated heterocycles. The standard InChI is InChI=1S/C19H21N3O4/c1-3-4-9-22(2)19(24)15-10-13(7-8-20-15)18(23)21-14-5-6-16-17(11-14)26-12-25-16/h5-8,10-11H,3-4,9,12H2,1-2H3,(H,21,23). The fraction of sp³-hybridized carbons (Fsp3) is 0.316. The lowest BCUT2D eigenvalue weighted by Gasteiger charge is -2.16. The summed E-state index contributed by atoms with van der Waals surface area (Å²) in [7, 11) is 1.74. The van der Waals surface area contributed by atoms with Gasteiger partial charge in [0.15, 0.2) is 11.5 Å². The summed E-state index contributed by atoms with van der Waals surface area (Å²) < 4.78 is 10.6. The molecule has 0 bridgehead atoms. The number of rotatable bonds is 6. The molecule has 3 rings (SSSR count). The van der Waals surface area contributed by atoms with E-state index in [0.717, 1.165) is 12.8 Å². The van der Waals surface area contributed by atoms with Gasteiger partial charge in [-0.05, 0) is 30.7 Å². The molecule has 1 aromatic carbocycles. The number of benzene rings is 1. The molecule has 0 aliphatic carbocycles. The van der Waals surface area contributed by atoms with Crippen molar-refractivity contribution in [1.29, 1.82) is 0 Å². The Balaban J connectivity index is 1.71. The van der Waals surface area contributed by atoms with Gasteiger partial charge in [0.2, 0.25) is 6.79 Å². The van der Waals surface area contributed by atoms with Gasteiger partial charge in [0.1, 0.15) is 5.69 Å². The van der Waals surface area contributed by atoms with Crippen LogP contribution < -0.4 is 14.8 Å². The quantitative estimate of drug-likeness (QED) is 0.862. The van der Waals surface area contributed by atoms with E-state index in [1.807, 2.05) is 0 Å². The third kappa shape index (κ3) is 3.93. The van der Waals surface area contributed by atoms with E-state index in [9.17, 15) is 9.59 Å². The second-order valence-corrected chi connectivity index (χ2v) is 6.03. The molecule has 0 atom stereocenters. The van der Waals surface area contributed by atoms with Gasteiger partial charge in [0.25, 0.3) is 11.8 Å². The minimum Gasteiger partial charge on any atom is -0.454 e. The van der Waals surface area contributed by atoms with Gasteiger partial charge in [-0.15, -0.1) is 0 Å². The number of unbranched alkanes of at least 4 members (excludes halogenated alkanes) is 1. The third-order valence-corrected chi connectivity index (χ3v) is 4.07. The molecule has 0 fully saturated rings. The zero-order valence-corrected chi connectivity index (χ0v) is 14.8. The number of pyridine rings is 1. The number of fused-ring (bicyclic) bond motifs is 1. The van der Waals surface area contributed by atoms with Crippen LogP contribution in [0.5, 0.6) is 11.5 Å². The van der Waals surface area contributed by atoms with Crippen LogP contribution in [0.15, 0.2) is 36.5 Å². The van der Waals surface area contributed by atoms with Crippen LogP contribution in [0.25, 0.3) is 0 Å². The van der Waals surface area contributed by atoms with Gasteiger partial charge in [-0.3, -0.25) is 14.6 Å². The van der Waals surface area contributed by atoms with Crippen LogP contribution >= 0.6 is 0 Å². The topological polar surface area (TPSA) is 80.8 Å². The van der Waals surface area contributed by atoms with Crippen molar-refractivity contribution in [3.63, 3.8) is 0 Å². The molecule has 1 aliphatic heterocycles. The zero-order valence-electron chi connectivity index (χ0n) is 14.8. The van der Waals surface area contributed by atoms with Crippen molar-refractivity contribution in [2.75, 3.05) is 25.7 Å². The molecule has 2 aromatic rings. The Hall–Kier alpha value is -3.09. The summed E-state index contributed by atoms with van der Waals surface area (Å²) >= 11 is 0. The van der Waals surface area contributed by atoms with Gasteiger partial charge < -0.3 is 19.7 Å². The van der Waals surface area contributed by atoms with Crippen molar-refractivity contribution in [3.8, 4) is 11.5 Å². The summed E-state index contributed by atoms with van der Waals surface area (Å²) in [4.78, 5) is 30.6. The Bertz CT molecular complexity index is 822. The van der Waals surface area contributed by atoms with Crippen molar-refractivity contribution >= 4 is 17.5 Å². The van der Waals surface area contributed by atoms with Crippen LogP contribution in [0.4, 0.5) is 5.69 Å². The first-order chi connectivity index (χ1) is 12.6. The minimum atomic E-state index is -0.323. The lowest BCUT2D eigenvalue weighted by Crippen LogP contribution is -2.28. The molecule has 0 spiro atoms. The first-order valence-corrected chi connectivity index (χ1v) is 8.51. The lowest BCUT2D eigenvalue weighted by molar-refractivity contribution is 0.0787. The molecule has 1 N–H and O–H groups in total. The third-order valence-electron chi connectivity index (χ3n) is 4.07. The molecule has 2 amide bonds. The Kier molecular flexibility index (Phi) is 5.36. The number of hydrogen-bond donors (Lipinski definition) is 1. The zero-order chi connectivity index (χ0) is 18.5. The molecule has 1 aliphatic rings. The van der Waals surface area contributed by atoms with E-state index in [0.29, 0.717) is 29.3 Å². The van der Waals surface area contributed by atoms with Gasteiger partial charge in [0, 0.05) is 37.1 Å². The maximum Gasteiger partial charge on any atom is 0.272 e. The van der Waals surface area contributed by atoms with Crippen LogP contribution in [0.2, 0.25) is 0 Å². The van der Waals surface area contributed by atoms with Gasteiger partial charge >= 0.3 is 0 Å². The molecule has 7 nitrogen and oxygen atoms in total. The molecule has 1 aromatic heterocycles. The van der Waals surface area contributed by atoms with Gasteiger partial charge in [0.05, 0.1) is 0 Å². The molecule has 26 heavy (non-hydrogen) atoms. The first kappa shape index (κ1) is 17.7. The van der Waals surface area contributed by atoms with E-state index in [-0.39, 0.29) is 24.3 Å². The Morgan fingerprint density at radius 2 is 2.00 bits per heavy atom. The molecule has 136 valence electrons. The highest BCUT2D eigenvalue weighted by Crippen LogP contribution is 2.34. The Morgan fingerprint density at radius 1 is 1.19 bits per heavy atom. The highest BCUT2D eigenvalue weighted by Gasteiger charge is 2.17. The first-order valence-electron chi connectivity index (χ1n) is 8.51. The average molecular weight is 355 g/mol. The van der Waals surface area contributed by atoms with Crippen LogP contribution in [-0.2, 0) is 0 Å². The number of hydrogen-bond acceptors (Lipinski definition) is 5. The molecular weight excluding hydrogens is 334 g/mol. The normalized spacial score (nSPS) is 11.9. The van der Waals surface area contributed by atoms with E-state index in [4.69, 9.17) is 9.47 Å². The second kappa shape index (κ2) is 7.86. The van der Waals surface area contributed by atoms with Crippen LogP contribution in [0.3, 0.4) is 0 Å². The summed E-state index contributed by atoms with van der Waals surface area (Å²) in [6.45, 7) is 2.90. The van der Waals surface area contributed by atoms with Crippen molar-refractivity contribution in [1.82, 2.24) is 9.88 Å². The minimum absolute atomic E-state index is 0.175. The predicted molar refractivity (Wildman–Crippen MR) is 96.6 cm³/mol. The number of anilines is 1. The van der Waals surface area contributed by atoms with Crippen molar-refractivity contribution in [2.24, 2.45) is 0 Å². The summed E-state index contributed by atoms with van der Waals surface area (Å²) in [5.41, 5.74) is 1.20. The number of carbonyl (C=O) groups is 2. The van der Waals surface area contributed by atoms with Gasteiger partial charge in [-0.2, -0.15) is 0 Å². The Labute approximate surface area is 151 Å². The molecule has 0 unspecified atom stereocenters. The summed E-state index contributed by atoms with van der Waals surface area (Å²) in [5, 5.41) is 2.79. The number of nitrogens with one attached hydrogen (secondary N) is 1. The van der Waals surface area contributed by atoms with Crippen molar-refractivity contribution < 1.29 is 19.1 Å². The van der Waals surface area contributed by atoms with Crippen molar-refractivity contribution in [2.45, 2.75) is 19.8 Å². The number of ether oxygens (including phenoxy) is 2. The maximum absolute atomic E-state index is 12.5.